The molecule has 0 radical (unpaired) electrons. The Balaban J connectivity index is 2.12. The molecule has 0 unspecified atom stereocenters. The first kappa shape index (κ1) is 13.8. The standard InChI is InChI=1S/C14H11F2NO3/c1-19-14(18)17-13-7-6-11(8-12(13)16)20-10-4-2-9(15)3-5-10/h2-8H,1H3,(H,17,18). The summed E-state index contributed by atoms with van der Waals surface area (Å²) in [5.41, 5.74) is -0.0247. The zero-order valence-corrected chi connectivity index (χ0v) is 10.5. The van der Waals surface area contributed by atoms with Crippen molar-refractivity contribution < 1.29 is 23.0 Å². The second-order valence-electron chi connectivity index (χ2n) is 3.81. The van der Waals surface area contributed by atoms with E-state index < -0.39 is 11.9 Å². The van der Waals surface area contributed by atoms with Crippen LogP contribution in [0.3, 0.4) is 0 Å². The number of nitrogens with one attached hydrogen (secondary N) is 1. The minimum atomic E-state index is -0.767. The fourth-order valence-corrected chi connectivity index (χ4v) is 1.46. The number of benzene rings is 2. The summed E-state index contributed by atoms with van der Waals surface area (Å²) in [6.07, 6.45) is -0.767. The molecule has 0 aromatic heterocycles. The van der Waals surface area contributed by atoms with Gasteiger partial charge in [0.1, 0.15) is 17.3 Å². The molecule has 1 N–H and O–H groups in total. The van der Waals surface area contributed by atoms with Crippen LogP contribution in [-0.4, -0.2) is 13.2 Å². The lowest BCUT2D eigenvalue weighted by Gasteiger charge is -2.08. The van der Waals surface area contributed by atoms with Gasteiger partial charge in [0.2, 0.25) is 0 Å². The molecular weight excluding hydrogens is 268 g/mol. The van der Waals surface area contributed by atoms with Gasteiger partial charge in [-0.2, -0.15) is 0 Å². The lowest BCUT2D eigenvalue weighted by Crippen LogP contribution is -2.12. The topological polar surface area (TPSA) is 47.6 Å². The molecule has 2 rings (SSSR count). The molecule has 0 atom stereocenters. The van der Waals surface area contributed by atoms with E-state index in [2.05, 4.69) is 10.1 Å². The number of carbonyl (C=O) groups excluding carboxylic acids is 1. The largest absolute Gasteiger partial charge is 0.457 e. The van der Waals surface area contributed by atoms with Crippen molar-refractivity contribution in [3.05, 3.63) is 54.1 Å². The molecule has 0 spiro atoms. The third kappa shape index (κ3) is 3.44. The Bertz CT molecular complexity index is 614. The lowest BCUT2D eigenvalue weighted by atomic mass is 10.3. The van der Waals surface area contributed by atoms with Gasteiger partial charge in [0.05, 0.1) is 12.8 Å². The normalized spacial score (nSPS) is 9.95. The molecule has 0 fully saturated rings. The predicted octanol–water partition coefficient (Wildman–Crippen LogP) is 3.94. The summed E-state index contributed by atoms with van der Waals surface area (Å²) in [4.78, 5) is 11.0. The summed E-state index contributed by atoms with van der Waals surface area (Å²) in [6.45, 7) is 0. The van der Waals surface area contributed by atoms with E-state index >= 15 is 0 Å². The van der Waals surface area contributed by atoms with Crippen molar-refractivity contribution in [3.63, 3.8) is 0 Å². The number of ether oxygens (including phenoxy) is 2. The summed E-state index contributed by atoms with van der Waals surface area (Å²) in [6, 6.07) is 9.23. The molecule has 0 saturated carbocycles. The highest BCUT2D eigenvalue weighted by Crippen LogP contribution is 2.25. The number of hydrogen-bond donors (Lipinski definition) is 1. The first-order valence-corrected chi connectivity index (χ1v) is 5.66. The first-order valence-electron chi connectivity index (χ1n) is 5.66. The van der Waals surface area contributed by atoms with E-state index in [1.54, 1.807) is 0 Å². The molecule has 0 saturated heterocycles. The van der Waals surface area contributed by atoms with Gasteiger partial charge in [-0.3, -0.25) is 5.32 Å². The van der Waals surface area contributed by atoms with Crippen LogP contribution in [0.25, 0.3) is 0 Å². The van der Waals surface area contributed by atoms with Gasteiger partial charge >= 0.3 is 6.09 Å². The van der Waals surface area contributed by atoms with Crippen LogP contribution in [0, 0.1) is 11.6 Å². The maximum Gasteiger partial charge on any atom is 0.411 e. The Kier molecular flexibility index (Phi) is 4.14. The molecular formula is C14H11F2NO3. The van der Waals surface area contributed by atoms with Gasteiger partial charge in [-0.15, -0.1) is 0 Å². The smallest absolute Gasteiger partial charge is 0.411 e. The number of amides is 1. The number of halogens is 2. The number of methoxy groups -OCH3 is 1. The maximum atomic E-state index is 13.7. The van der Waals surface area contributed by atoms with Crippen molar-refractivity contribution in [2.24, 2.45) is 0 Å². The van der Waals surface area contributed by atoms with E-state index in [4.69, 9.17) is 4.74 Å². The molecule has 4 nitrogen and oxygen atoms in total. The number of carbonyl (C=O) groups is 1. The fraction of sp³-hybridized carbons (Fsp3) is 0.0714. The Hall–Kier alpha value is -2.63. The Morgan fingerprint density at radius 2 is 1.70 bits per heavy atom. The zero-order valence-electron chi connectivity index (χ0n) is 10.5. The lowest BCUT2D eigenvalue weighted by molar-refractivity contribution is 0.186. The third-order valence-corrected chi connectivity index (χ3v) is 2.41. The van der Waals surface area contributed by atoms with Gasteiger partial charge in [-0.25, -0.2) is 13.6 Å². The van der Waals surface area contributed by atoms with E-state index in [1.807, 2.05) is 0 Å². The van der Waals surface area contributed by atoms with Crippen LogP contribution in [0.5, 0.6) is 11.5 Å². The molecule has 1 amide bonds. The van der Waals surface area contributed by atoms with Crippen LogP contribution in [0.15, 0.2) is 42.5 Å². The highest BCUT2D eigenvalue weighted by atomic mass is 19.1. The molecule has 0 aliphatic heterocycles. The van der Waals surface area contributed by atoms with Crippen molar-refractivity contribution in [3.8, 4) is 11.5 Å². The van der Waals surface area contributed by atoms with Crippen molar-refractivity contribution in [1.29, 1.82) is 0 Å². The predicted molar refractivity (Wildman–Crippen MR) is 68.9 cm³/mol. The molecule has 0 aliphatic carbocycles. The summed E-state index contributed by atoms with van der Waals surface area (Å²) in [5.74, 6) is -0.458. The Labute approximate surface area is 113 Å². The van der Waals surface area contributed by atoms with Crippen molar-refractivity contribution in [2.75, 3.05) is 12.4 Å². The second kappa shape index (κ2) is 6.01. The number of anilines is 1. The quantitative estimate of drug-likeness (QED) is 0.925. The molecule has 20 heavy (non-hydrogen) atoms. The second-order valence-corrected chi connectivity index (χ2v) is 3.81. The van der Waals surface area contributed by atoms with Crippen LogP contribution in [0.4, 0.5) is 19.3 Å². The summed E-state index contributed by atoms with van der Waals surface area (Å²) in [5, 5.41) is 2.22. The van der Waals surface area contributed by atoms with Crippen LogP contribution in [0.2, 0.25) is 0 Å². The van der Waals surface area contributed by atoms with E-state index in [1.165, 1.54) is 43.5 Å². The van der Waals surface area contributed by atoms with Gasteiger partial charge in [-0.05, 0) is 36.4 Å². The summed E-state index contributed by atoms with van der Waals surface area (Å²) in [7, 11) is 1.18. The van der Waals surface area contributed by atoms with Gasteiger partial charge in [0.15, 0.2) is 5.82 Å². The Morgan fingerprint density at radius 1 is 1.05 bits per heavy atom. The van der Waals surface area contributed by atoms with Crippen molar-refractivity contribution in [1.82, 2.24) is 0 Å². The third-order valence-electron chi connectivity index (χ3n) is 2.41. The highest BCUT2D eigenvalue weighted by molar-refractivity contribution is 5.84. The van der Waals surface area contributed by atoms with Gasteiger partial charge < -0.3 is 9.47 Å². The maximum absolute atomic E-state index is 13.7. The van der Waals surface area contributed by atoms with Gasteiger partial charge in [0.25, 0.3) is 0 Å². The van der Waals surface area contributed by atoms with Crippen LogP contribution >= 0.6 is 0 Å². The molecule has 0 bridgehead atoms. The molecule has 6 heteroatoms. The van der Waals surface area contributed by atoms with Crippen LogP contribution in [0.1, 0.15) is 0 Å². The molecule has 104 valence electrons. The van der Waals surface area contributed by atoms with Crippen molar-refractivity contribution in [2.45, 2.75) is 0 Å². The summed E-state index contributed by atoms with van der Waals surface area (Å²) >= 11 is 0. The molecule has 0 heterocycles. The number of hydrogen-bond acceptors (Lipinski definition) is 3. The van der Waals surface area contributed by atoms with E-state index in [0.29, 0.717) is 5.75 Å². The Morgan fingerprint density at radius 3 is 2.30 bits per heavy atom. The van der Waals surface area contributed by atoms with Crippen LogP contribution < -0.4 is 10.1 Å². The SMILES string of the molecule is COC(=O)Nc1ccc(Oc2ccc(F)cc2)cc1F. The highest BCUT2D eigenvalue weighted by Gasteiger charge is 2.08. The average molecular weight is 279 g/mol. The fourth-order valence-electron chi connectivity index (χ4n) is 1.46. The minimum Gasteiger partial charge on any atom is -0.457 e. The molecule has 0 aliphatic rings. The van der Waals surface area contributed by atoms with Crippen molar-refractivity contribution >= 4 is 11.8 Å². The number of rotatable bonds is 3. The molecule has 2 aromatic carbocycles. The van der Waals surface area contributed by atoms with Crippen LogP contribution in [-0.2, 0) is 4.74 Å². The minimum absolute atomic E-state index is 0.0247. The molecule has 2 aromatic rings. The zero-order chi connectivity index (χ0) is 14.5. The van der Waals surface area contributed by atoms with E-state index in [0.717, 1.165) is 6.07 Å². The van der Waals surface area contributed by atoms with Gasteiger partial charge in [-0.1, -0.05) is 0 Å². The average Bonchev–Trinajstić information content (AvgIpc) is 2.44. The van der Waals surface area contributed by atoms with E-state index in [9.17, 15) is 13.6 Å². The van der Waals surface area contributed by atoms with Gasteiger partial charge in [0, 0.05) is 6.07 Å². The monoisotopic (exact) mass is 279 g/mol. The summed E-state index contributed by atoms with van der Waals surface area (Å²) < 4.78 is 36.1. The van der Waals surface area contributed by atoms with E-state index in [-0.39, 0.29) is 17.3 Å². The first-order chi connectivity index (χ1) is 9.58.